The molecular formula is C17H18O4. The van der Waals surface area contributed by atoms with Crippen molar-refractivity contribution in [2.24, 2.45) is 17.8 Å². The van der Waals surface area contributed by atoms with Crippen molar-refractivity contribution >= 4 is 11.8 Å². The van der Waals surface area contributed by atoms with Crippen LogP contribution in [0.3, 0.4) is 0 Å². The molecular weight excluding hydrogens is 268 g/mol. The molecule has 0 N–H and O–H groups in total. The van der Waals surface area contributed by atoms with Gasteiger partial charge in [-0.2, -0.15) is 0 Å². The fraction of sp³-hybridized carbons (Fsp3) is 0.529. The van der Waals surface area contributed by atoms with Gasteiger partial charge in [-0.25, -0.2) is 0 Å². The Labute approximate surface area is 123 Å². The highest BCUT2D eigenvalue weighted by molar-refractivity contribution is 5.95. The summed E-state index contributed by atoms with van der Waals surface area (Å²) in [6.07, 6.45) is 13.5. The van der Waals surface area contributed by atoms with Gasteiger partial charge in [-0.3, -0.25) is 9.59 Å². The van der Waals surface area contributed by atoms with Crippen molar-refractivity contribution < 1.29 is 19.1 Å². The van der Waals surface area contributed by atoms with Crippen molar-refractivity contribution in [3.8, 4) is 0 Å². The van der Waals surface area contributed by atoms with Gasteiger partial charge in [-0.15, -0.1) is 0 Å². The highest BCUT2D eigenvalue weighted by Crippen LogP contribution is 2.54. The average molecular weight is 286 g/mol. The van der Waals surface area contributed by atoms with E-state index in [1.165, 1.54) is 0 Å². The van der Waals surface area contributed by atoms with E-state index in [1.54, 1.807) is 6.08 Å². The fourth-order valence-corrected chi connectivity index (χ4v) is 4.14. The van der Waals surface area contributed by atoms with Crippen LogP contribution >= 0.6 is 0 Å². The van der Waals surface area contributed by atoms with Crippen molar-refractivity contribution in [1.29, 1.82) is 0 Å². The van der Waals surface area contributed by atoms with Crippen LogP contribution in [0.5, 0.6) is 0 Å². The van der Waals surface area contributed by atoms with Crippen molar-refractivity contribution in [1.82, 2.24) is 0 Å². The molecule has 0 saturated carbocycles. The van der Waals surface area contributed by atoms with Crippen LogP contribution in [-0.4, -0.2) is 30.1 Å². The smallest absolute Gasteiger partial charge is 0.305 e. The quantitative estimate of drug-likeness (QED) is 0.504. The Bertz CT molecular complexity index is 573. The first-order chi connectivity index (χ1) is 10.2. The second kappa shape index (κ2) is 4.67. The van der Waals surface area contributed by atoms with E-state index in [2.05, 4.69) is 18.2 Å². The number of ketones is 1. The third-order valence-electron chi connectivity index (χ3n) is 5.08. The van der Waals surface area contributed by atoms with Gasteiger partial charge in [0.2, 0.25) is 0 Å². The lowest BCUT2D eigenvalue weighted by molar-refractivity contribution is -0.144. The lowest BCUT2D eigenvalue weighted by atomic mass is 9.64. The SMILES string of the molecule is O=C1CCC2C=CC3C4C=CC(=O)C3C2(/C=C\CCO1)O4. The molecule has 0 aromatic carbocycles. The van der Waals surface area contributed by atoms with E-state index in [0.717, 1.165) is 0 Å². The molecule has 2 aliphatic carbocycles. The molecule has 1 saturated heterocycles. The van der Waals surface area contributed by atoms with Crippen molar-refractivity contribution in [2.45, 2.75) is 31.0 Å². The van der Waals surface area contributed by atoms with Crippen LogP contribution < -0.4 is 0 Å². The molecule has 4 heteroatoms. The van der Waals surface area contributed by atoms with E-state index in [4.69, 9.17) is 9.47 Å². The summed E-state index contributed by atoms with van der Waals surface area (Å²) in [6, 6.07) is 0. The van der Waals surface area contributed by atoms with E-state index in [1.807, 2.05) is 12.2 Å². The highest BCUT2D eigenvalue weighted by Gasteiger charge is 2.60. The monoisotopic (exact) mass is 286 g/mol. The minimum absolute atomic E-state index is 0.0199. The van der Waals surface area contributed by atoms with Crippen LogP contribution in [0.15, 0.2) is 36.5 Å². The molecule has 1 spiro atoms. The summed E-state index contributed by atoms with van der Waals surface area (Å²) in [5, 5.41) is 0. The number of cyclic esters (lactones) is 1. The van der Waals surface area contributed by atoms with Crippen molar-refractivity contribution in [3.05, 3.63) is 36.5 Å². The fourth-order valence-electron chi connectivity index (χ4n) is 4.14. The van der Waals surface area contributed by atoms with Gasteiger partial charge >= 0.3 is 5.97 Å². The summed E-state index contributed by atoms with van der Waals surface area (Å²) >= 11 is 0. The molecule has 0 radical (unpaired) electrons. The summed E-state index contributed by atoms with van der Waals surface area (Å²) in [4.78, 5) is 24.1. The van der Waals surface area contributed by atoms with E-state index >= 15 is 0 Å². The molecule has 110 valence electrons. The number of esters is 1. The molecule has 5 unspecified atom stereocenters. The largest absolute Gasteiger partial charge is 0.465 e. The van der Waals surface area contributed by atoms with E-state index in [0.29, 0.717) is 25.9 Å². The second-order valence-electron chi connectivity index (χ2n) is 6.19. The molecule has 4 rings (SSSR count). The molecule has 2 heterocycles. The molecule has 5 atom stereocenters. The zero-order valence-electron chi connectivity index (χ0n) is 11.7. The predicted octanol–water partition coefficient (Wildman–Crippen LogP) is 1.96. The van der Waals surface area contributed by atoms with Gasteiger partial charge < -0.3 is 9.47 Å². The first kappa shape index (κ1) is 13.0. The summed E-state index contributed by atoms with van der Waals surface area (Å²) in [6.45, 7) is 0.398. The number of carbonyl (C=O) groups excluding carboxylic acids is 2. The molecule has 0 aromatic rings. The Hall–Kier alpha value is -1.68. The molecule has 2 aliphatic heterocycles. The standard InChI is InChI=1S/C17H18O4/c18-13-6-7-14-12-5-3-11-4-8-15(19)20-10-2-1-9-17(11,21-14)16(12)13/h1,3,5-7,9,11-12,14,16H,2,4,8,10H2/b9-1-. The van der Waals surface area contributed by atoms with Crippen LogP contribution in [-0.2, 0) is 19.1 Å². The number of hydrogen-bond donors (Lipinski definition) is 0. The Morgan fingerprint density at radius 2 is 2.10 bits per heavy atom. The third kappa shape index (κ3) is 1.85. The zero-order chi connectivity index (χ0) is 14.4. The van der Waals surface area contributed by atoms with Gasteiger partial charge in [-0.1, -0.05) is 30.4 Å². The predicted molar refractivity (Wildman–Crippen MR) is 75.3 cm³/mol. The molecule has 0 aromatic heterocycles. The Morgan fingerprint density at radius 1 is 1.19 bits per heavy atom. The number of hydrogen-bond acceptors (Lipinski definition) is 4. The first-order valence-corrected chi connectivity index (χ1v) is 7.62. The van der Waals surface area contributed by atoms with Gasteiger partial charge in [0.1, 0.15) is 5.60 Å². The first-order valence-electron chi connectivity index (χ1n) is 7.62. The molecule has 21 heavy (non-hydrogen) atoms. The van der Waals surface area contributed by atoms with Crippen molar-refractivity contribution in [2.75, 3.05) is 6.61 Å². The summed E-state index contributed by atoms with van der Waals surface area (Å²) in [5.41, 5.74) is -0.581. The maximum atomic E-state index is 12.4. The number of ether oxygens (including phenoxy) is 2. The van der Waals surface area contributed by atoms with Crippen LogP contribution in [0.25, 0.3) is 0 Å². The maximum absolute atomic E-state index is 12.4. The molecule has 4 bridgehead atoms. The van der Waals surface area contributed by atoms with Gasteiger partial charge in [0, 0.05) is 18.3 Å². The van der Waals surface area contributed by atoms with Crippen LogP contribution in [0.1, 0.15) is 19.3 Å². The van der Waals surface area contributed by atoms with E-state index in [9.17, 15) is 9.59 Å². The number of allylic oxidation sites excluding steroid dienone is 1. The Morgan fingerprint density at radius 3 is 3.00 bits per heavy atom. The Balaban J connectivity index is 1.77. The highest BCUT2D eigenvalue weighted by atomic mass is 16.5. The minimum Gasteiger partial charge on any atom is -0.465 e. The lowest BCUT2D eigenvalue weighted by Gasteiger charge is -2.40. The molecule has 0 amide bonds. The topological polar surface area (TPSA) is 52.6 Å². The van der Waals surface area contributed by atoms with Crippen molar-refractivity contribution in [3.63, 3.8) is 0 Å². The summed E-state index contributed by atoms with van der Waals surface area (Å²) in [7, 11) is 0. The van der Waals surface area contributed by atoms with Crippen LogP contribution in [0.4, 0.5) is 0 Å². The molecule has 4 aliphatic rings. The Kier molecular flexibility index (Phi) is 2.89. The number of rotatable bonds is 0. The third-order valence-corrected chi connectivity index (χ3v) is 5.08. The number of carbonyl (C=O) groups is 2. The van der Waals surface area contributed by atoms with Gasteiger partial charge in [0.05, 0.1) is 18.6 Å². The average Bonchev–Trinajstić information content (AvgIpc) is 2.60. The normalized spacial score (nSPS) is 45.9. The van der Waals surface area contributed by atoms with Crippen LogP contribution in [0.2, 0.25) is 0 Å². The van der Waals surface area contributed by atoms with Gasteiger partial charge in [0.25, 0.3) is 0 Å². The molecule has 1 fully saturated rings. The second-order valence-corrected chi connectivity index (χ2v) is 6.19. The maximum Gasteiger partial charge on any atom is 0.305 e. The molecule has 4 nitrogen and oxygen atoms in total. The summed E-state index contributed by atoms with van der Waals surface area (Å²) in [5.74, 6) is 0.0239. The minimum atomic E-state index is -0.581. The lowest BCUT2D eigenvalue weighted by Crippen LogP contribution is -2.47. The van der Waals surface area contributed by atoms with E-state index in [-0.39, 0.29) is 35.6 Å². The van der Waals surface area contributed by atoms with Crippen LogP contribution in [0, 0.1) is 17.8 Å². The summed E-state index contributed by atoms with van der Waals surface area (Å²) < 4.78 is 11.5. The zero-order valence-corrected chi connectivity index (χ0v) is 11.7. The van der Waals surface area contributed by atoms with Gasteiger partial charge in [-0.05, 0) is 18.9 Å². The van der Waals surface area contributed by atoms with Gasteiger partial charge in [0.15, 0.2) is 5.78 Å². The van der Waals surface area contributed by atoms with E-state index < -0.39 is 5.60 Å².